The Kier molecular flexibility index (Phi) is 5.88. The molecule has 39 heavy (non-hydrogen) atoms. The SMILES string of the molecule is c1ccc(-c2cc(-c3ccc(Nc4ccc(-c5ccc6ccccc6c5)cc4)cc3)c3ccccc3c2)cc1. The number of rotatable bonds is 5. The zero-order valence-corrected chi connectivity index (χ0v) is 21.5. The maximum Gasteiger partial charge on any atom is 0.0384 e. The number of benzene rings is 7. The van der Waals surface area contributed by atoms with Crippen LogP contribution < -0.4 is 5.32 Å². The fourth-order valence-corrected chi connectivity index (χ4v) is 5.36. The molecule has 7 aromatic rings. The summed E-state index contributed by atoms with van der Waals surface area (Å²) in [7, 11) is 0. The van der Waals surface area contributed by atoms with Crippen LogP contribution >= 0.6 is 0 Å². The Hall–Kier alpha value is -5.14. The molecule has 0 aliphatic carbocycles. The third kappa shape index (κ3) is 4.67. The molecule has 0 heterocycles. The molecule has 7 rings (SSSR count). The van der Waals surface area contributed by atoms with E-state index in [1.165, 1.54) is 54.9 Å². The predicted octanol–water partition coefficient (Wildman–Crippen LogP) is 10.7. The Balaban J connectivity index is 1.15. The summed E-state index contributed by atoms with van der Waals surface area (Å²) >= 11 is 0. The van der Waals surface area contributed by atoms with Gasteiger partial charge in [0.05, 0.1) is 0 Å². The lowest BCUT2D eigenvalue weighted by atomic mass is 9.93. The van der Waals surface area contributed by atoms with Crippen LogP contribution in [0.1, 0.15) is 0 Å². The summed E-state index contributed by atoms with van der Waals surface area (Å²) in [6, 6.07) is 56.4. The zero-order valence-electron chi connectivity index (χ0n) is 21.5. The Morgan fingerprint density at radius 3 is 1.59 bits per heavy atom. The second kappa shape index (κ2) is 9.96. The minimum absolute atomic E-state index is 1.07. The van der Waals surface area contributed by atoms with E-state index in [1.807, 2.05) is 0 Å². The van der Waals surface area contributed by atoms with Crippen LogP contribution in [0.2, 0.25) is 0 Å². The Bertz CT molecular complexity index is 1900. The quantitative estimate of drug-likeness (QED) is 0.249. The summed E-state index contributed by atoms with van der Waals surface area (Å²) in [6.07, 6.45) is 0. The van der Waals surface area contributed by atoms with E-state index in [0.717, 1.165) is 11.4 Å². The predicted molar refractivity (Wildman–Crippen MR) is 167 cm³/mol. The van der Waals surface area contributed by atoms with Gasteiger partial charge in [0.15, 0.2) is 0 Å². The molecule has 184 valence electrons. The van der Waals surface area contributed by atoms with Crippen molar-refractivity contribution in [3.8, 4) is 33.4 Å². The summed E-state index contributed by atoms with van der Waals surface area (Å²) < 4.78 is 0. The lowest BCUT2D eigenvalue weighted by Crippen LogP contribution is -1.91. The number of nitrogens with one attached hydrogen (secondary N) is 1. The highest BCUT2D eigenvalue weighted by Crippen LogP contribution is 2.35. The van der Waals surface area contributed by atoms with E-state index < -0.39 is 0 Å². The lowest BCUT2D eigenvalue weighted by molar-refractivity contribution is 1.54. The average Bonchev–Trinajstić information content (AvgIpc) is 3.01. The first-order chi connectivity index (χ1) is 19.3. The number of hydrogen-bond acceptors (Lipinski definition) is 1. The molecular formula is C38H27N. The van der Waals surface area contributed by atoms with E-state index in [2.05, 4.69) is 163 Å². The third-order valence-corrected chi connectivity index (χ3v) is 7.42. The molecule has 0 fully saturated rings. The molecule has 0 atom stereocenters. The molecule has 0 spiro atoms. The van der Waals surface area contributed by atoms with Crippen molar-refractivity contribution >= 4 is 32.9 Å². The molecule has 0 bridgehead atoms. The van der Waals surface area contributed by atoms with Gasteiger partial charge in [0.1, 0.15) is 0 Å². The number of anilines is 2. The highest BCUT2D eigenvalue weighted by molar-refractivity contribution is 6.00. The van der Waals surface area contributed by atoms with Crippen LogP contribution in [0.4, 0.5) is 11.4 Å². The molecule has 0 saturated carbocycles. The maximum absolute atomic E-state index is 3.57. The van der Waals surface area contributed by atoms with Crippen molar-refractivity contribution in [3.63, 3.8) is 0 Å². The van der Waals surface area contributed by atoms with Crippen LogP contribution in [0, 0.1) is 0 Å². The first-order valence-electron chi connectivity index (χ1n) is 13.4. The van der Waals surface area contributed by atoms with E-state index in [1.54, 1.807) is 0 Å². The van der Waals surface area contributed by atoms with E-state index in [0.29, 0.717) is 0 Å². The van der Waals surface area contributed by atoms with Crippen molar-refractivity contribution in [2.24, 2.45) is 0 Å². The van der Waals surface area contributed by atoms with Crippen LogP contribution in [0.15, 0.2) is 158 Å². The van der Waals surface area contributed by atoms with Gasteiger partial charge in [-0.2, -0.15) is 0 Å². The molecule has 0 aromatic heterocycles. The first kappa shape index (κ1) is 23.0. The van der Waals surface area contributed by atoms with E-state index in [-0.39, 0.29) is 0 Å². The lowest BCUT2D eigenvalue weighted by Gasteiger charge is -2.13. The van der Waals surface area contributed by atoms with Gasteiger partial charge in [0.25, 0.3) is 0 Å². The maximum atomic E-state index is 3.57. The highest BCUT2D eigenvalue weighted by Gasteiger charge is 2.08. The van der Waals surface area contributed by atoms with Crippen LogP contribution in [-0.4, -0.2) is 0 Å². The topological polar surface area (TPSA) is 12.0 Å². The summed E-state index contributed by atoms with van der Waals surface area (Å²) in [4.78, 5) is 0. The number of fused-ring (bicyclic) bond motifs is 2. The van der Waals surface area contributed by atoms with Gasteiger partial charge in [-0.1, -0.05) is 115 Å². The molecule has 1 N–H and O–H groups in total. The normalized spacial score (nSPS) is 11.1. The highest BCUT2D eigenvalue weighted by atomic mass is 14.9. The molecule has 0 amide bonds. The van der Waals surface area contributed by atoms with Gasteiger partial charge in [0.2, 0.25) is 0 Å². The van der Waals surface area contributed by atoms with Crippen molar-refractivity contribution in [1.29, 1.82) is 0 Å². The van der Waals surface area contributed by atoms with Gasteiger partial charge in [-0.25, -0.2) is 0 Å². The summed E-state index contributed by atoms with van der Waals surface area (Å²) in [6.45, 7) is 0. The second-order valence-corrected chi connectivity index (χ2v) is 9.95. The van der Waals surface area contributed by atoms with Gasteiger partial charge in [-0.15, -0.1) is 0 Å². The fraction of sp³-hybridized carbons (Fsp3) is 0. The molecule has 0 aliphatic rings. The van der Waals surface area contributed by atoms with Crippen LogP contribution in [0.25, 0.3) is 54.9 Å². The van der Waals surface area contributed by atoms with Crippen LogP contribution in [-0.2, 0) is 0 Å². The van der Waals surface area contributed by atoms with E-state index in [9.17, 15) is 0 Å². The van der Waals surface area contributed by atoms with Gasteiger partial charge in [-0.3, -0.25) is 0 Å². The Morgan fingerprint density at radius 1 is 0.308 bits per heavy atom. The van der Waals surface area contributed by atoms with Crippen LogP contribution in [0.3, 0.4) is 0 Å². The molecule has 0 unspecified atom stereocenters. The second-order valence-electron chi connectivity index (χ2n) is 9.95. The smallest absolute Gasteiger partial charge is 0.0384 e. The Morgan fingerprint density at radius 2 is 0.846 bits per heavy atom. The van der Waals surface area contributed by atoms with Crippen LogP contribution in [0.5, 0.6) is 0 Å². The monoisotopic (exact) mass is 497 g/mol. The van der Waals surface area contributed by atoms with Gasteiger partial charge in [0, 0.05) is 11.4 Å². The Labute approximate surface area is 229 Å². The largest absolute Gasteiger partial charge is 0.356 e. The molecular weight excluding hydrogens is 470 g/mol. The van der Waals surface area contributed by atoms with Crippen molar-refractivity contribution in [1.82, 2.24) is 0 Å². The minimum atomic E-state index is 1.07. The zero-order chi connectivity index (χ0) is 26.0. The average molecular weight is 498 g/mol. The third-order valence-electron chi connectivity index (χ3n) is 7.42. The molecule has 0 saturated heterocycles. The summed E-state index contributed by atoms with van der Waals surface area (Å²) in [5.74, 6) is 0. The molecule has 7 aromatic carbocycles. The van der Waals surface area contributed by atoms with E-state index in [4.69, 9.17) is 0 Å². The van der Waals surface area contributed by atoms with Crippen molar-refractivity contribution in [3.05, 3.63) is 158 Å². The van der Waals surface area contributed by atoms with Crippen molar-refractivity contribution < 1.29 is 0 Å². The van der Waals surface area contributed by atoms with Crippen molar-refractivity contribution in [2.75, 3.05) is 5.32 Å². The van der Waals surface area contributed by atoms with Gasteiger partial charge in [-0.05, 0) is 97.4 Å². The standard InChI is InChI=1S/C38H27N/c1-2-8-27(9-3-1)34-25-33-12-6-7-13-37(33)38(26-34)30-18-22-36(23-19-30)39-35-20-16-29(17-21-35)32-15-14-28-10-4-5-11-31(28)24-32/h1-26,39H. The first-order valence-corrected chi connectivity index (χ1v) is 13.4. The number of hydrogen-bond donors (Lipinski definition) is 1. The summed E-state index contributed by atoms with van der Waals surface area (Å²) in [5, 5.41) is 8.61. The van der Waals surface area contributed by atoms with E-state index >= 15 is 0 Å². The fourth-order valence-electron chi connectivity index (χ4n) is 5.36. The molecule has 1 heteroatoms. The molecule has 1 nitrogen and oxygen atoms in total. The van der Waals surface area contributed by atoms with Crippen molar-refractivity contribution in [2.45, 2.75) is 0 Å². The van der Waals surface area contributed by atoms with Gasteiger partial charge < -0.3 is 5.32 Å². The minimum Gasteiger partial charge on any atom is -0.356 e. The van der Waals surface area contributed by atoms with Gasteiger partial charge >= 0.3 is 0 Å². The molecule has 0 radical (unpaired) electrons. The summed E-state index contributed by atoms with van der Waals surface area (Å²) in [5.41, 5.74) is 9.51. The molecule has 0 aliphatic heterocycles.